The average Bonchev–Trinajstić information content (AvgIpc) is 2.84. The Bertz CT molecular complexity index is 921. The van der Waals surface area contributed by atoms with Crippen LogP contribution in [0.5, 0.6) is 0 Å². The van der Waals surface area contributed by atoms with E-state index < -0.39 is 13.9 Å². The van der Waals surface area contributed by atoms with Crippen molar-refractivity contribution in [1.82, 2.24) is 4.90 Å². The lowest BCUT2D eigenvalue weighted by atomic mass is 9.88. The Morgan fingerprint density at radius 2 is 1.38 bits per heavy atom. The van der Waals surface area contributed by atoms with E-state index in [-0.39, 0.29) is 17.2 Å². The molecule has 0 radical (unpaired) electrons. The quantitative estimate of drug-likeness (QED) is 0.377. The van der Waals surface area contributed by atoms with E-state index in [0.717, 1.165) is 32.3 Å². The summed E-state index contributed by atoms with van der Waals surface area (Å²) in [6, 6.07) is 21.7. The summed E-state index contributed by atoms with van der Waals surface area (Å²) in [5.74, 6) is 0.533. The molecular weight excluding hydrogens is 478 g/mol. The van der Waals surface area contributed by atoms with Gasteiger partial charge in [-0.15, -0.1) is 0 Å². The lowest BCUT2D eigenvalue weighted by molar-refractivity contribution is -0.00501. The average molecular weight is 526 g/mol. The van der Waals surface area contributed by atoms with Gasteiger partial charge in [0.15, 0.2) is 0 Å². The van der Waals surface area contributed by atoms with Gasteiger partial charge in [-0.3, -0.25) is 0 Å². The van der Waals surface area contributed by atoms with Gasteiger partial charge in [-0.25, -0.2) is 4.79 Å². The summed E-state index contributed by atoms with van der Waals surface area (Å²) < 4.78 is 18.7. The zero-order valence-corrected chi connectivity index (χ0v) is 25.0. The molecule has 2 aromatic carbocycles. The molecule has 1 amide bonds. The van der Waals surface area contributed by atoms with Crippen LogP contribution in [0.4, 0.5) is 4.79 Å². The maximum Gasteiger partial charge on any atom is 0.410 e. The molecular formula is C31H47NO4Si. The molecule has 1 fully saturated rings. The van der Waals surface area contributed by atoms with E-state index >= 15 is 0 Å². The van der Waals surface area contributed by atoms with Gasteiger partial charge in [0.25, 0.3) is 8.32 Å². The molecule has 0 aliphatic heterocycles. The fourth-order valence-electron chi connectivity index (χ4n) is 5.26. The molecule has 2 aromatic rings. The number of carbonyl (C=O) groups is 1. The third-order valence-corrected chi connectivity index (χ3v) is 12.2. The van der Waals surface area contributed by atoms with Gasteiger partial charge in [-0.05, 0) is 67.8 Å². The first-order valence-corrected chi connectivity index (χ1v) is 15.6. The minimum Gasteiger partial charge on any atom is -0.444 e. The van der Waals surface area contributed by atoms with Crippen molar-refractivity contribution in [2.45, 2.75) is 84.0 Å². The lowest BCUT2D eigenvalue weighted by Crippen LogP contribution is -2.67. The number of nitrogens with zero attached hydrogens (tertiary/aromatic N) is 1. The van der Waals surface area contributed by atoms with Crippen molar-refractivity contribution in [2.75, 3.05) is 26.8 Å². The van der Waals surface area contributed by atoms with Gasteiger partial charge < -0.3 is 18.8 Å². The van der Waals surface area contributed by atoms with Crippen LogP contribution in [0.2, 0.25) is 5.04 Å². The summed E-state index contributed by atoms with van der Waals surface area (Å²) >= 11 is 0. The molecule has 6 heteroatoms. The predicted octanol–water partition coefficient (Wildman–Crippen LogP) is 6.01. The molecule has 0 saturated heterocycles. The molecule has 0 atom stereocenters. The van der Waals surface area contributed by atoms with E-state index in [9.17, 15) is 4.79 Å². The van der Waals surface area contributed by atoms with Crippen molar-refractivity contribution >= 4 is 24.8 Å². The summed E-state index contributed by atoms with van der Waals surface area (Å²) in [4.78, 5) is 13.7. The summed E-state index contributed by atoms with van der Waals surface area (Å²) in [6.07, 6.45) is 4.21. The Balaban J connectivity index is 1.57. The van der Waals surface area contributed by atoms with E-state index in [4.69, 9.17) is 13.9 Å². The smallest absolute Gasteiger partial charge is 0.410 e. The summed E-state index contributed by atoms with van der Waals surface area (Å²) in [6.45, 7) is 14.5. The number of rotatable bonds is 9. The van der Waals surface area contributed by atoms with Crippen LogP contribution in [0.25, 0.3) is 0 Å². The molecule has 0 unspecified atom stereocenters. The molecule has 1 aliphatic carbocycles. The third kappa shape index (κ3) is 7.92. The van der Waals surface area contributed by atoms with E-state index in [2.05, 4.69) is 81.4 Å². The highest BCUT2D eigenvalue weighted by Crippen LogP contribution is 2.38. The number of amides is 1. The molecule has 0 aromatic heterocycles. The van der Waals surface area contributed by atoms with Crippen molar-refractivity contribution in [3.63, 3.8) is 0 Å². The van der Waals surface area contributed by atoms with Crippen LogP contribution < -0.4 is 10.4 Å². The van der Waals surface area contributed by atoms with Gasteiger partial charge in [0, 0.05) is 20.2 Å². The summed E-state index contributed by atoms with van der Waals surface area (Å²) in [5, 5.41) is 2.66. The fourth-order valence-corrected chi connectivity index (χ4v) is 9.90. The number of likely N-dealkylation sites (N-methyl/N-ethyl adjacent to an activating group) is 1. The molecule has 1 saturated carbocycles. The Labute approximate surface area is 225 Å². The summed E-state index contributed by atoms with van der Waals surface area (Å²) in [7, 11) is -0.732. The van der Waals surface area contributed by atoms with Crippen molar-refractivity contribution in [3.05, 3.63) is 60.7 Å². The van der Waals surface area contributed by atoms with E-state index in [1.54, 1.807) is 11.9 Å². The number of carbonyl (C=O) groups excluding carboxylic acids is 1. The van der Waals surface area contributed by atoms with Gasteiger partial charge >= 0.3 is 6.09 Å². The molecule has 3 rings (SSSR count). The van der Waals surface area contributed by atoms with Crippen molar-refractivity contribution < 1.29 is 18.7 Å². The Kier molecular flexibility index (Phi) is 10.0. The monoisotopic (exact) mass is 525 g/mol. The molecule has 1 aliphatic rings. The molecule has 0 spiro atoms. The van der Waals surface area contributed by atoms with Gasteiger partial charge in [0.05, 0.1) is 12.7 Å². The van der Waals surface area contributed by atoms with Gasteiger partial charge in [-0.1, -0.05) is 81.4 Å². The molecule has 204 valence electrons. The molecule has 0 N–H and O–H groups in total. The topological polar surface area (TPSA) is 48.0 Å². The minimum atomic E-state index is -2.49. The van der Waals surface area contributed by atoms with Gasteiger partial charge in [0.1, 0.15) is 5.60 Å². The van der Waals surface area contributed by atoms with E-state index in [1.165, 1.54) is 10.4 Å². The standard InChI is InChI=1S/C31H47NO4Si/c1-30(2,3)36-29(33)32(7)22-23-34-26-20-18-25(19-21-26)24-35-37(31(4,5)6,27-14-10-8-11-15-27)28-16-12-9-13-17-28/h8-17,25-26H,18-24H2,1-7H3. The zero-order valence-electron chi connectivity index (χ0n) is 24.0. The molecule has 0 heterocycles. The third-order valence-electron chi connectivity index (χ3n) is 7.23. The highest BCUT2D eigenvalue weighted by Gasteiger charge is 2.50. The van der Waals surface area contributed by atoms with Crippen LogP contribution in [0.1, 0.15) is 67.2 Å². The van der Waals surface area contributed by atoms with E-state index in [1.807, 2.05) is 20.8 Å². The second kappa shape index (κ2) is 12.6. The van der Waals surface area contributed by atoms with Gasteiger partial charge in [0.2, 0.25) is 0 Å². The molecule has 5 nitrogen and oxygen atoms in total. The second-order valence-corrected chi connectivity index (χ2v) is 16.7. The van der Waals surface area contributed by atoms with Crippen LogP contribution >= 0.6 is 0 Å². The largest absolute Gasteiger partial charge is 0.444 e. The molecule has 37 heavy (non-hydrogen) atoms. The zero-order chi connectivity index (χ0) is 27.1. The lowest BCUT2D eigenvalue weighted by Gasteiger charge is -2.44. The highest BCUT2D eigenvalue weighted by atomic mass is 28.4. The maximum atomic E-state index is 12.1. The number of hydrogen-bond donors (Lipinski definition) is 0. The Morgan fingerprint density at radius 1 is 0.865 bits per heavy atom. The molecule has 0 bridgehead atoms. The van der Waals surface area contributed by atoms with Crippen molar-refractivity contribution in [1.29, 1.82) is 0 Å². The van der Waals surface area contributed by atoms with Gasteiger partial charge in [-0.2, -0.15) is 0 Å². The number of hydrogen-bond acceptors (Lipinski definition) is 4. The normalized spacial score (nSPS) is 18.9. The Morgan fingerprint density at radius 3 is 1.84 bits per heavy atom. The van der Waals surface area contributed by atoms with Crippen molar-refractivity contribution in [2.24, 2.45) is 5.92 Å². The predicted molar refractivity (Wildman–Crippen MR) is 154 cm³/mol. The number of ether oxygens (including phenoxy) is 2. The van der Waals surface area contributed by atoms with E-state index in [0.29, 0.717) is 19.1 Å². The Hall–Kier alpha value is -2.15. The summed E-state index contributed by atoms with van der Waals surface area (Å²) in [5.41, 5.74) is -0.485. The second-order valence-electron chi connectivity index (χ2n) is 12.4. The minimum absolute atomic E-state index is 0.00378. The van der Waals surface area contributed by atoms with Crippen LogP contribution in [0.15, 0.2) is 60.7 Å². The van der Waals surface area contributed by atoms with Crippen LogP contribution in [0.3, 0.4) is 0 Å². The van der Waals surface area contributed by atoms with Crippen LogP contribution in [-0.2, 0) is 13.9 Å². The van der Waals surface area contributed by atoms with Crippen LogP contribution in [0, 0.1) is 5.92 Å². The highest BCUT2D eigenvalue weighted by molar-refractivity contribution is 6.99. The number of benzene rings is 2. The van der Waals surface area contributed by atoms with Crippen molar-refractivity contribution in [3.8, 4) is 0 Å². The first kappa shape index (κ1) is 29.4. The fraction of sp³-hybridized carbons (Fsp3) is 0.581. The SMILES string of the molecule is CN(CCOC1CCC(CO[Si](c2ccccc2)(c2ccccc2)C(C)(C)C)CC1)C(=O)OC(C)(C)C. The first-order chi connectivity index (χ1) is 17.4. The van der Waals surface area contributed by atoms with Crippen LogP contribution in [-0.4, -0.2) is 57.8 Å². The maximum absolute atomic E-state index is 12.1. The first-order valence-electron chi connectivity index (χ1n) is 13.7.